The minimum atomic E-state index is -3.09. The Morgan fingerprint density at radius 3 is 2.47 bits per heavy atom. The van der Waals surface area contributed by atoms with E-state index in [4.69, 9.17) is 0 Å². The summed E-state index contributed by atoms with van der Waals surface area (Å²) in [5, 5.41) is 6.15. The Hall–Kier alpha value is -0.350. The van der Waals surface area contributed by atoms with Gasteiger partial charge in [0.25, 0.3) is 0 Å². The van der Waals surface area contributed by atoms with Gasteiger partial charge in [-0.2, -0.15) is 0 Å². The van der Waals surface area contributed by atoms with Crippen LogP contribution in [-0.2, 0) is 10.0 Å². The van der Waals surface area contributed by atoms with E-state index in [-0.39, 0.29) is 24.0 Å². The van der Waals surface area contributed by atoms with Crippen molar-refractivity contribution in [3.63, 3.8) is 0 Å². The molecule has 6 nitrogen and oxygen atoms in total. The monoisotopic (exact) mass is 404 g/mol. The van der Waals surface area contributed by atoms with Gasteiger partial charge in [0.15, 0.2) is 5.96 Å². The Kier molecular flexibility index (Phi) is 12.7. The molecule has 0 radical (unpaired) electrons. The van der Waals surface area contributed by atoms with Crippen LogP contribution < -0.4 is 10.6 Å². The highest BCUT2D eigenvalue weighted by atomic mass is 127. The van der Waals surface area contributed by atoms with E-state index < -0.39 is 10.0 Å². The first kappa shape index (κ1) is 21.0. The summed E-state index contributed by atoms with van der Waals surface area (Å²) in [6.07, 6.45) is 3.71. The predicted octanol–water partition coefficient (Wildman–Crippen LogP) is 0.627. The average molecular weight is 404 g/mol. The molecule has 0 aliphatic heterocycles. The highest BCUT2D eigenvalue weighted by molar-refractivity contribution is 14.0. The fourth-order valence-electron chi connectivity index (χ4n) is 1.41. The minimum absolute atomic E-state index is 0. The summed E-state index contributed by atoms with van der Waals surface area (Å²) in [6, 6.07) is 0. The molecule has 0 bridgehead atoms. The third-order valence-corrected chi connectivity index (χ3v) is 3.71. The SMILES string of the molecule is C=CCNC(=NC)NCCCN(CC)S(C)(=O)=O.I. The second kappa shape index (κ2) is 11.5. The lowest BCUT2D eigenvalue weighted by atomic mass is 10.4. The molecule has 8 heteroatoms. The van der Waals surface area contributed by atoms with Gasteiger partial charge in [0.1, 0.15) is 0 Å². The first-order valence-corrected chi connectivity index (χ1v) is 7.81. The summed E-state index contributed by atoms with van der Waals surface area (Å²) in [5.74, 6) is 0.692. The number of hydrogen-bond acceptors (Lipinski definition) is 3. The Bertz CT molecular complexity index is 371. The smallest absolute Gasteiger partial charge is 0.211 e. The highest BCUT2D eigenvalue weighted by Gasteiger charge is 2.12. The number of guanidine groups is 1. The van der Waals surface area contributed by atoms with Crippen molar-refractivity contribution in [2.75, 3.05) is 39.5 Å². The average Bonchev–Trinajstić information content (AvgIpc) is 2.31. The summed E-state index contributed by atoms with van der Waals surface area (Å²) < 4.78 is 24.1. The molecule has 0 saturated carbocycles. The predicted molar refractivity (Wildman–Crippen MR) is 91.7 cm³/mol. The van der Waals surface area contributed by atoms with Gasteiger partial charge in [0.2, 0.25) is 10.0 Å². The summed E-state index contributed by atoms with van der Waals surface area (Å²) >= 11 is 0. The summed E-state index contributed by atoms with van der Waals surface area (Å²) in [6.45, 7) is 7.77. The molecular formula is C11H25IN4O2S. The van der Waals surface area contributed by atoms with E-state index in [1.54, 1.807) is 13.1 Å². The van der Waals surface area contributed by atoms with Gasteiger partial charge in [-0.25, -0.2) is 12.7 Å². The number of hydrogen-bond donors (Lipinski definition) is 2. The molecule has 0 aromatic rings. The van der Waals surface area contributed by atoms with Crippen molar-refractivity contribution in [1.29, 1.82) is 0 Å². The van der Waals surface area contributed by atoms with Crippen LogP contribution in [0.4, 0.5) is 0 Å². The maximum absolute atomic E-state index is 11.3. The van der Waals surface area contributed by atoms with Gasteiger partial charge in [0.05, 0.1) is 6.26 Å². The highest BCUT2D eigenvalue weighted by Crippen LogP contribution is 1.97. The van der Waals surface area contributed by atoms with E-state index in [9.17, 15) is 8.42 Å². The first-order chi connectivity index (χ1) is 8.45. The topological polar surface area (TPSA) is 73.8 Å². The van der Waals surface area contributed by atoms with Crippen LogP contribution in [0.1, 0.15) is 13.3 Å². The van der Waals surface area contributed by atoms with E-state index in [1.165, 1.54) is 10.6 Å². The van der Waals surface area contributed by atoms with Crippen LogP contribution in [0.2, 0.25) is 0 Å². The molecular weight excluding hydrogens is 379 g/mol. The van der Waals surface area contributed by atoms with Crippen molar-refractivity contribution < 1.29 is 8.42 Å². The van der Waals surface area contributed by atoms with Crippen LogP contribution in [0.3, 0.4) is 0 Å². The van der Waals surface area contributed by atoms with Gasteiger partial charge in [-0.1, -0.05) is 13.0 Å². The van der Waals surface area contributed by atoms with Crippen LogP contribution in [0, 0.1) is 0 Å². The fraction of sp³-hybridized carbons (Fsp3) is 0.727. The molecule has 0 aromatic carbocycles. The number of nitrogens with one attached hydrogen (secondary N) is 2. The maximum Gasteiger partial charge on any atom is 0.211 e. The molecule has 0 amide bonds. The Morgan fingerprint density at radius 1 is 1.42 bits per heavy atom. The number of halogens is 1. The molecule has 2 N–H and O–H groups in total. The second-order valence-corrected chi connectivity index (χ2v) is 5.76. The Labute approximate surface area is 133 Å². The summed E-state index contributed by atoms with van der Waals surface area (Å²) in [5.41, 5.74) is 0. The molecule has 0 rings (SSSR count). The van der Waals surface area contributed by atoms with E-state index >= 15 is 0 Å². The molecule has 19 heavy (non-hydrogen) atoms. The van der Waals surface area contributed by atoms with Crippen molar-refractivity contribution in [3.8, 4) is 0 Å². The quantitative estimate of drug-likeness (QED) is 0.205. The summed E-state index contributed by atoms with van der Waals surface area (Å²) in [7, 11) is -1.40. The van der Waals surface area contributed by atoms with Gasteiger partial charge >= 0.3 is 0 Å². The van der Waals surface area contributed by atoms with Crippen LogP contribution >= 0.6 is 24.0 Å². The standard InChI is InChI=1S/C11H24N4O2S.HI/c1-5-8-13-11(12-3)14-9-7-10-15(6-2)18(4,16)17;/h5H,1,6-10H2,2-4H3,(H2,12,13,14);1H. The van der Waals surface area contributed by atoms with Gasteiger partial charge < -0.3 is 10.6 Å². The molecule has 0 aromatic heterocycles. The number of aliphatic imine (C=N–C) groups is 1. The number of rotatable bonds is 8. The van der Waals surface area contributed by atoms with Crippen LogP contribution in [-0.4, -0.2) is 58.2 Å². The number of nitrogens with zero attached hydrogens (tertiary/aromatic N) is 2. The molecule has 0 saturated heterocycles. The van der Waals surface area contributed by atoms with Crippen molar-refractivity contribution in [3.05, 3.63) is 12.7 Å². The van der Waals surface area contributed by atoms with Crippen molar-refractivity contribution in [1.82, 2.24) is 14.9 Å². The van der Waals surface area contributed by atoms with Crippen LogP contribution in [0.25, 0.3) is 0 Å². The fourth-order valence-corrected chi connectivity index (χ4v) is 2.34. The largest absolute Gasteiger partial charge is 0.356 e. The molecule has 114 valence electrons. The lowest BCUT2D eigenvalue weighted by molar-refractivity contribution is 0.424. The minimum Gasteiger partial charge on any atom is -0.356 e. The van der Waals surface area contributed by atoms with E-state index in [0.29, 0.717) is 32.1 Å². The number of sulfonamides is 1. The zero-order chi connectivity index (χ0) is 14.0. The Morgan fingerprint density at radius 2 is 2.05 bits per heavy atom. The van der Waals surface area contributed by atoms with Crippen molar-refractivity contribution in [2.24, 2.45) is 4.99 Å². The molecule has 0 fully saturated rings. The Balaban J connectivity index is 0. The second-order valence-electron chi connectivity index (χ2n) is 3.78. The molecule has 0 aliphatic carbocycles. The first-order valence-electron chi connectivity index (χ1n) is 5.96. The zero-order valence-electron chi connectivity index (χ0n) is 11.8. The lowest BCUT2D eigenvalue weighted by Crippen LogP contribution is -2.39. The molecule has 0 aliphatic rings. The lowest BCUT2D eigenvalue weighted by Gasteiger charge is -2.18. The molecule has 0 atom stereocenters. The zero-order valence-corrected chi connectivity index (χ0v) is 15.0. The normalized spacial score (nSPS) is 11.9. The van der Waals surface area contributed by atoms with E-state index in [1.807, 2.05) is 6.92 Å². The van der Waals surface area contributed by atoms with Gasteiger partial charge in [-0.15, -0.1) is 30.6 Å². The van der Waals surface area contributed by atoms with Crippen LogP contribution in [0.5, 0.6) is 0 Å². The van der Waals surface area contributed by atoms with E-state index in [2.05, 4.69) is 22.2 Å². The van der Waals surface area contributed by atoms with Gasteiger partial charge in [-0.3, -0.25) is 4.99 Å². The van der Waals surface area contributed by atoms with Gasteiger partial charge in [-0.05, 0) is 6.42 Å². The van der Waals surface area contributed by atoms with Crippen molar-refractivity contribution >= 4 is 40.0 Å². The van der Waals surface area contributed by atoms with Crippen LogP contribution in [0.15, 0.2) is 17.6 Å². The van der Waals surface area contributed by atoms with E-state index in [0.717, 1.165) is 6.42 Å². The molecule has 0 heterocycles. The third kappa shape index (κ3) is 10.1. The van der Waals surface area contributed by atoms with Crippen molar-refractivity contribution in [2.45, 2.75) is 13.3 Å². The third-order valence-electron chi connectivity index (χ3n) is 2.34. The van der Waals surface area contributed by atoms with Gasteiger partial charge in [0, 0.05) is 33.2 Å². The maximum atomic E-state index is 11.3. The summed E-state index contributed by atoms with van der Waals surface area (Å²) in [4.78, 5) is 4.03. The molecule has 0 unspecified atom stereocenters. The molecule has 0 spiro atoms.